The predicted molar refractivity (Wildman–Crippen MR) is 105 cm³/mol. The second-order valence-electron chi connectivity index (χ2n) is 6.46. The third-order valence-corrected chi connectivity index (χ3v) is 4.06. The Morgan fingerprint density at radius 2 is 1.89 bits per heavy atom. The van der Waals surface area contributed by atoms with E-state index in [-0.39, 0.29) is 17.3 Å². The van der Waals surface area contributed by atoms with Gasteiger partial charge in [0.15, 0.2) is 11.9 Å². The Bertz CT molecular complexity index is 866. The Labute approximate surface area is 163 Å². The number of hydrogen-bond donors (Lipinski definition) is 1. The van der Waals surface area contributed by atoms with Gasteiger partial charge in [0.1, 0.15) is 0 Å². The van der Waals surface area contributed by atoms with Crippen LogP contribution in [0, 0.1) is 10.1 Å². The van der Waals surface area contributed by atoms with Crippen molar-refractivity contribution in [2.75, 3.05) is 19.4 Å². The van der Waals surface area contributed by atoms with Crippen molar-refractivity contribution in [2.45, 2.75) is 25.9 Å². The highest BCUT2D eigenvalue weighted by Gasteiger charge is 2.20. The molecule has 0 aliphatic rings. The van der Waals surface area contributed by atoms with Crippen LogP contribution in [0.4, 0.5) is 11.4 Å². The fourth-order valence-corrected chi connectivity index (χ4v) is 2.47. The number of amides is 2. The van der Waals surface area contributed by atoms with Gasteiger partial charge in [-0.3, -0.25) is 19.7 Å². The minimum Gasteiger partial charge on any atom is -0.474 e. The van der Waals surface area contributed by atoms with Crippen LogP contribution in [-0.2, 0) is 16.0 Å². The molecule has 28 heavy (non-hydrogen) atoms. The average molecular weight is 385 g/mol. The first-order chi connectivity index (χ1) is 13.3. The molecular formula is C20H23N3O5. The second-order valence-corrected chi connectivity index (χ2v) is 6.46. The largest absolute Gasteiger partial charge is 0.474 e. The van der Waals surface area contributed by atoms with Gasteiger partial charge in [-0.05, 0) is 37.1 Å². The molecule has 0 aromatic heterocycles. The SMILES string of the molecule is CC(Oc1ccccc1[N+](=O)[O-])C(=O)Nc1cccc(CCC(=O)N(C)C)c1. The molecule has 0 aliphatic heterocycles. The number of aryl methyl sites for hydroxylation is 1. The Hall–Kier alpha value is -3.42. The van der Waals surface area contributed by atoms with Gasteiger partial charge in [0.05, 0.1) is 4.92 Å². The van der Waals surface area contributed by atoms with Crippen LogP contribution < -0.4 is 10.1 Å². The van der Waals surface area contributed by atoms with E-state index in [0.717, 1.165) is 5.56 Å². The van der Waals surface area contributed by atoms with Crippen molar-refractivity contribution in [3.63, 3.8) is 0 Å². The summed E-state index contributed by atoms with van der Waals surface area (Å²) in [6.45, 7) is 1.52. The number of nitro benzene ring substituents is 1. The number of carbonyl (C=O) groups is 2. The number of nitro groups is 1. The Morgan fingerprint density at radius 3 is 2.57 bits per heavy atom. The lowest BCUT2D eigenvalue weighted by atomic mass is 10.1. The Kier molecular flexibility index (Phi) is 7.08. The molecular weight excluding hydrogens is 362 g/mol. The molecule has 8 nitrogen and oxygen atoms in total. The smallest absolute Gasteiger partial charge is 0.310 e. The van der Waals surface area contributed by atoms with Crippen molar-refractivity contribution >= 4 is 23.2 Å². The highest BCUT2D eigenvalue weighted by atomic mass is 16.6. The summed E-state index contributed by atoms with van der Waals surface area (Å²) in [5.41, 5.74) is 1.28. The third kappa shape index (κ3) is 5.80. The summed E-state index contributed by atoms with van der Waals surface area (Å²) >= 11 is 0. The number of para-hydroxylation sites is 2. The molecule has 1 N–H and O–H groups in total. The maximum absolute atomic E-state index is 12.4. The average Bonchev–Trinajstić information content (AvgIpc) is 2.66. The minimum absolute atomic E-state index is 0.0286. The summed E-state index contributed by atoms with van der Waals surface area (Å²) in [6.07, 6.45) is 0.00461. The lowest BCUT2D eigenvalue weighted by Gasteiger charge is -2.15. The van der Waals surface area contributed by atoms with E-state index in [0.29, 0.717) is 18.5 Å². The van der Waals surface area contributed by atoms with E-state index >= 15 is 0 Å². The van der Waals surface area contributed by atoms with Gasteiger partial charge in [0, 0.05) is 32.3 Å². The molecule has 1 atom stereocenters. The van der Waals surface area contributed by atoms with Crippen LogP contribution >= 0.6 is 0 Å². The number of carbonyl (C=O) groups excluding carboxylic acids is 2. The first kappa shape index (κ1) is 20.9. The second kappa shape index (κ2) is 9.50. The summed E-state index contributed by atoms with van der Waals surface area (Å²) < 4.78 is 5.47. The zero-order valence-electron chi connectivity index (χ0n) is 16.0. The predicted octanol–water partition coefficient (Wildman–Crippen LogP) is 3.02. The number of hydrogen-bond acceptors (Lipinski definition) is 5. The fraction of sp³-hybridized carbons (Fsp3) is 0.300. The van der Waals surface area contributed by atoms with Gasteiger partial charge in [-0.2, -0.15) is 0 Å². The van der Waals surface area contributed by atoms with Crippen LogP contribution in [0.2, 0.25) is 0 Å². The molecule has 2 amide bonds. The molecule has 0 aliphatic carbocycles. The zero-order valence-corrected chi connectivity index (χ0v) is 16.0. The molecule has 0 saturated carbocycles. The first-order valence-corrected chi connectivity index (χ1v) is 8.78. The number of anilines is 1. The van der Waals surface area contributed by atoms with Crippen molar-refractivity contribution < 1.29 is 19.2 Å². The molecule has 0 radical (unpaired) electrons. The van der Waals surface area contributed by atoms with E-state index in [4.69, 9.17) is 4.74 Å². The fourth-order valence-electron chi connectivity index (χ4n) is 2.47. The van der Waals surface area contributed by atoms with Crippen LogP contribution in [0.5, 0.6) is 5.75 Å². The van der Waals surface area contributed by atoms with Crippen LogP contribution in [0.1, 0.15) is 18.9 Å². The number of ether oxygens (including phenoxy) is 1. The molecule has 2 aromatic carbocycles. The maximum Gasteiger partial charge on any atom is 0.310 e. The van der Waals surface area contributed by atoms with Gasteiger partial charge in [-0.1, -0.05) is 24.3 Å². The van der Waals surface area contributed by atoms with Gasteiger partial charge in [0.25, 0.3) is 5.91 Å². The number of benzene rings is 2. The van der Waals surface area contributed by atoms with Crippen LogP contribution in [0.3, 0.4) is 0 Å². The third-order valence-electron chi connectivity index (χ3n) is 4.06. The van der Waals surface area contributed by atoms with E-state index in [1.165, 1.54) is 30.0 Å². The summed E-state index contributed by atoms with van der Waals surface area (Å²) in [6, 6.07) is 13.1. The van der Waals surface area contributed by atoms with Crippen molar-refractivity contribution in [3.05, 3.63) is 64.2 Å². The number of nitrogens with zero attached hydrogens (tertiary/aromatic N) is 2. The van der Waals surface area contributed by atoms with Crippen molar-refractivity contribution in [1.82, 2.24) is 4.90 Å². The summed E-state index contributed by atoms with van der Waals surface area (Å²) in [7, 11) is 3.41. The van der Waals surface area contributed by atoms with Crippen LogP contribution in [-0.4, -0.2) is 41.8 Å². The van der Waals surface area contributed by atoms with Gasteiger partial charge in [0.2, 0.25) is 5.91 Å². The van der Waals surface area contributed by atoms with E-state index in [2.05, 4.69) is 5.32 Å². The number of nitrogens with one attached hydrogen (secondary N) is 1. The molecule has 0 fully saturated rings. The van der Waals surface area contributed by atoms with E-state index < -0.39 is 16.9 Å². The maximum atomic E-state index is 12.4. The number of rotatable bonds is 8. The molecule has 2 rings (SSSR count). The summed E-state index contributed by atoms with van der Waals surface area (Å²) in [5, 5.41) is 13.8. The summed E-state index contributed by atoms with van der Waals surface area (Å²) in [5.74, 6) is -0.369. The van der Waals surface area contributed by atoms with Crippen LogP contribution in [0.25, 0.3) is 0 Å². The first-order valence-electron chi connectivity index (χ1n) is 8.78. The van der Waals surface area contributed by atoms with Gasteiger partial charge in [-0.25, -0.2) is 0 Å². The Balaban J connectivity index is 2.00. The standard InChI is InChI=1S/C20H23N3O5/c1-14(28-18-10-5-4-9-17(18)23(26)27)20(25)21-16-8-6-7-15(13-16)11-12-19(24)22(2)3/h4-10,13-14H,11-12H2,1-3H3,(H,21,25). The molecule has 0 bridgehead atoms. The Morgan fingerprint density at radius 1 is 1.18 bits per heavy atom. The van der Waals surface area contributed by atoms with Gasteiger partial charge >= 0.3 is 5.69 Å². The van der Waals surface area contributed by atoms with Crippen molar-refractivity contribution in [1.29, 1.82) is 0 Å². The lowest BCUT2D eigenvalue weighted by molar-refractivity contribution is -0.386. The van der Waals surface area contributed by atoms with E-state index in [1.807, 2.05) is 6.07 Å². The molecule has 0 spiro atoms. The topological polar surface area (TPSA) is 102 Å². The van der Waals surface area contributed by atoms with Crippen molar-refractivity contribution in [3.8, 4) is 5.75 Å². The molecule has 0 saturated heterocycles. The van der Waals surface area contributed by atoms with Gasteiger partial charge < -0.3 is 15.0 Å². The monoisotopic (exact) mass is 385 g/mol. The zero-order chi connectivity index (χ0) is 20.7. The normalized spacial score (nSPS) is 11.4. The van der Waals surface area contributed by atoms with E-state index in [1.54, 1.807) is 38.4 Å². The molecule has 0 heterocycles. The summed E-state index contributed by atoms with van der Waals surface area (Å²) in [4.78, 5) is 36.1. The lowest BCUT2D eigenvalue weighted by Crippen LogP contribution is -2.30. The molecule has 148 valence electrons. The molecule has 2 aromatic rings. The van der Waals surface area contributed by atoms with E-state index in [9.17, 15) is 19.7 Å². The molecule has 8 heteroatoms. The van der Waals surface area contributed by atoms with Crippen LogP contribution in [0.15, 0.2) is 48.5 Å². The highest BCUT2D eigenvalue weighted by molar-refractivity contribution is 5.94. The quantitative estimate of drug-likeness (QED) is 0.556. The highest BCUT2D eigenvalue weighted by Crippen LogP contribution is 2.27. The van der Waals surface area contributed by atoms with Crippen molar-refractivity contribution in [2.24, 2.45) is 0 Å². The molecule has 1 unspecified atom stereocenters. The minimum atomic E-state index is -0.930. The van der Waals surface area contributed by atoms with Gasteiger partial charge in [-0.15, -0.1) is 0 Å².